The molecule has 1 saturated heterocycles. The summed E-state index contributed by atoms with van der Waals surface area (Å²) in [6, 6.07) is 0. The molecule has 1 rings (SSSR count). The second kappa shape index (κ2) is 7.57. The van der Waals surface area contributed by atoms with Gasteiger partial charge in [0.15, 0.2) is 5.96 Å². The molecule has 0 radical (unpaired) electrons. The summed E-state index contributed by atoms with van der Waals surface area (Å²) in [4.78, 5) is 6.20. The molecule has 0 bridgehead atoms. The Hall–Kier alpha value is -0.980. The monoisotopic (exact) mass is 280 g/mol. The van der Waals surface area contributed by atoms with Crippen molar-refractivity contribution in [2.24, 2.45) is 10.9 Å². The van der Waals surface area contributed by atoms with Gasteiger partial charge in [-0.3, -0.25) is 4.99 Å². The number of piperidine rings is 1. The van der Waals surface area contributed by atoms with Crippen molar-refractivity contribution in [2.45, 2.75) is 25.4 Å². The lowest BCUT2D eigenvalue weighted by atomic mass is 9.99. The van der Waals surface area contributed by atoms with Crippen molar-refractivity contribution in [3.8, 4) is 0 Å². The molecule has 0 aromatic rings. The number of nitrogens with one attached hydrogen (secondary N) is 2. The van der Waals surface area contributed by atoms with Crippen LogP contribution in [0.1, 0.15) is 19.3 Å². The minimum atomic E-state index is -4.13. The van der Waals surface area contributed by atoms with Crippen LogP contribution in [0.15, 0.2) is 4.99 Å². The fourth-order valence-corrected chi connectivity index (χ4v) is 2.22. The van der Waals surface area contributed by atoms with Gasteiger partial charge in [0, 0.05) is 26.7 Å². The third-order valence-corrected chi connectivity index (χ3v) is 3.20. The van der Waals surface area contributed by atoms with Gasteiger partial charge >= 0.3 is 6.18 Å². The molecule has 0 aromatic heterocycles. The molecule has 1 heterocycles. The third-order valence-electron chi connectivity index (χ3n) is 3.20. The molecule has 19 heavy (non-hydrogen) atoms. The number of rotatable bonds is 4. The zero-order chi connectivity index (χ0) is 14.3. The first-order valence-corrected chi connectivity index (χ1v) is 6.60. The Morgan fingerprint density at radius 2 is 2.11 bits per heavy atom. The normalized spacial score (nSPS) is 22.4. The Morgan fingerprint density at radius 3 is 2.68 bits per heavy atom. The van der Waals surface area contributed by atoms with Crippen LogP contribution in [0.5, 0.6) is 0 Å². The minimum absolute atomic E-state index is 0.145. The van der Waals surface area contributed by atoms with E-state index in [1.807, 2.05) is 0 Å². The van der Waals surface area contributed by atoms with Gasteiger partial charge in [0.25, 0.3) is 0 Å². The van der Waals surface area contributed by atoms with Gasteiger partial charge in [-0.25, -0.2) is 0 Å². The maximum atomic E-state index is 12.0. The van der Waals surface area contributed by atoms with Crippen LogP contribution in [0.25, 0.3) is 0 Å². The van der Waals surface area contributed by atoms with E-state index in [4.69, 9.17) is 0 Å². The molecule has 1 unspecified atom stereocenters. The molecule has 1 aliphatic heterocycles. The van der Waals surface area contributed by atoms with Crippen LogP contribution >= 0.6 is 0 Å². The number of hydrogen-bond acceptors (Lipinski definition) is 2. The first kappa shape index (κ1) is 16.1. The van der Waals surface area contributed by atoms with Crippen LogP contribution in [0.4, 0.5) is 13.2 Å². The molecule has 112 valence electrons. The molecule has 7 heteroatoms. The fourth-order valence-electron chi connectivity index (χ4n) is 2.22. The zero-order valence-electron chi connectivity index (χ0n) is 11.6. The average molecular weight is 280 g/mol. The van der Waals surface area contributed by atoms with Gasteiger partial charge in [0.1, 0.15) is 0 Å². The Bertz CT molecular complexity index is 291. The smallest absolute Gasteiger partial charge is 0.356 e. The molecule has 2 N–H and O–H groups in total. The number of aliphatic imine (C=N–C) groups is 1. The van der Waals surface area contributed by atoms with Crippen molar-refractivity contribution in [1.29, 1.82) is 0 Å². The molecule has 0 amide bonds. The number of hydrogen-bond donors (Lipinski definition) is 2. The molecule has 0 aromatic carbocycles. The Balaban J connectivity index is 2.21. The van der Waals surface area contributed by atoms with Gasteiger partial charge in [-0.15, -0.1) is 0 Å². The van der Waals surface area contributed by atoms with Gasteiger partial charge in [-0.05, 0) is 32.4 Å². The largest absolute Gasteiger partial charge is 0.390 e. The van der Waals surface area contributed by atoms with E-state index in [9.17, 15) is 13.2 Å². The van der Waals surface area contributed by atoms with Crippen molar-refractivity contribution in [1.82, 2.24) is 15.5 Å². The molecular weight excluding hydrogens is 257 g/mol. The number of guanidine groups is 1. The van der Waals surface area contributed by atoms with E-state index >= 15 is 0 Å². The predicted octanol–water partition coefficient (Wildman–Crippen LogP) is 1.45. The van der Waals surface area contributed by atoms with Crippen molar-refractivity contribution >= 4 is 5.96 Å². The predicted molar refractivity (Wildman–Crippen MR) is 70.3 cm³/mol. The van der Waals surface area contributed by atoms with Gasteiger partial charge in [-0.2, -0.15) is 13.2 Å². The van der Waals surface area contributed by atoms with Crippen LogP contribution in [0.3, 0.4) is 0 Å². The summed E-state index contributed by atoms with van der Waals surface area (Å²) >= 11 is 0. The lowest BCUT2D eigenvalue weighted by Crippen LogP contribution is -2.44. The summed E-state index contributed by atoms with van der Waals surface area (Å²) in [5.41, 5.74) is 0. The topological polar surface area (TPSA) is 39.7 Å². The Morgan fingerprint density at radius 1 is 1.37 bits per heavy atom. The third kappa shape index (κ3) is 7.25. The second-order valence-corrected chi connectivity index (χ2v) is 5.02. The highest BCUT2D eigenvalue weighted by atomic mass is 19.4. The standard InChI is InChI=1S/C12H23F3N4/c1-16-11(17-6-5-12(13,14)15)18-8-10-4-3-7-19(2)9-10/h10H,3-9H2,1-2H3,(H2,16,17,18). The van der Waals surface area contributed by atoms with E-state index in [-0.39, 0.29) is 6.54 Å². The van der Waals surface area contributed by atoms with Crippen LogP contribution in [0.2, 0.25) is 0 Å². The van der Waals surface area contributed by atoms with Gasteiger partial charge < -0.3 is 15.5 Å². The molecule has 1 fully saturated rings. The van der Waals surface area contributed by atoms with Crippen molar-refractivity contribution in [2.75, 3.05) is 40.3 Å². The van der Waals surface area contributed by atoms with E-state index in [2.05, 4.69) is 27.6 Å². The first-order valence-electron chi connectivity index (χ1n) is 6.60. The maximum Gasteiger partial charge on any atom is 0.390 e. The molecule has 1 aliphatic rings. The van der Waals surface area contributed by atoms with Crippen LogP contribution in [-0.4, -0.2) is 57.3 Å². The molecule has 1 atom stereocenters. The molecular formula is C12H23F3N4. The number of alkyl halides is 3. The van der Waals surface area contributed by atoms with Crippen LogP contribution < -0.4 is 10.6 Å². The van der Waals surface area contributed by atoms with Crippen molar-refractivity contribution in [3.05, 3.63) is 0 Å². The zero-order valence-corrected chi connectivity index (χ0v) is 11.6. The summed E-state index contributed by atoms with van der Waals surface area (Å²) in [5.74, 6) is 0.970. The van der Waals surface area contributed by atoms with E-state index in [0.29, 0.717) is 11.9 Å². The van der Waals surface area contributed by atoms with Crippen LogP contribution in [-0.2, 0) is 0 Å². The highest BCUT2D eigenvalue weighted by Crippen LogP contribution is 2.18. The Kier molecular flexibility index (Phi) is 6.41. The molecule has 0 aliphatic carbocycles. The van der Waals surface area contributed by atoms with E-state index in [1.54, 1.807) is 7.05 Å². The summed E-state index contributed by atoms with van der Waals surface area (Å²) in [5, 5.41) is 5.77. The molecule has 0 spiro atoms. The second-order valence-electron chi connectivity index (χ2n) is 5.02. The van der Waals surface area contributed by atoms with Gasteiger partial charge in [0.2, 0.25) is 0 Å². The van der Waals surface area contributed by atoms with Crippen molar-refractivity contribution in [3.63, 3.8) is 0 Å². The first-order chi connectivity index (χ1) is 8.90. The highest BCUT2D eigenvalue weighted by Gasteiger charge is 2.26. The number of halogens is 3. The summed E-state index contributed by atoms with van der Waals surface area (Å²) < 4.78 is 36.1. The lowest BCUT2D eigenvalue weighted by molar-refractivity contribution is -0.132. The number of nitrogens with zero attached hydrogens (tertiary/aromatic N) is 2. The maximum absolute atomic E-state index is 12.0. The minimum Gasteiger partial charge on any atom is -0.356 e. The average Bonchev–Trinajstić information content (AvgIpc) is 2.32. The van der Waals surface area contributed by atoms with Gasteiger partial charge in [-0.1, -0.05) is 0 Å². The van der Waals surface area contributed by atoms with Gasteiger partial charge in [0.05, 0.1) is 6.42 Å². The summed E-state index contributed by atoms with van der Waals surface area (Å²) in [6.07, 6.45) is -2.66. The fraction of sp³-hybridized carbons (Fsp3) is 0.917. The molecule has 0 saturated carbocycles. The highest BCUT2D eigenvalue weighted by molar-refractivity contribution is 5.79. The number of likely N-dealkylation sites (tertiary alicyclic amines) is 1. The Labute approximate surface area is 112 Å². The summed E-state index contributed by atoms with van der Waals surface area (Å²) in [7, 11) is 3.65. The quantitative estimate of drug-likeness (QED) is 0.605. The van der Waals surface area contributed by atoms with E-state index in [1.165, 1.54) is 6.42 Å². The SMILES string of the molecule is CN=C(NCCC(F)(F)F)NCC1CCCN(C)C1. The van der Waals surface area contributed by atoms with Crippen LogP contribution in [0, 0.1) is 5.92 Å². The molecule has 4 nitrogen and oxygen atoms in total. The lowest BCUT2D eigenvalue weighted by Gasteiger charge is -2.30. The van der Waals surface area contributed by atoms with Crippen molar-refractivity contribution < 1.29 is 13.2 Å². The van der Waals surface area contributed by atoms with E-state index < -0.39 is 12.6 Å². The summed E-state index contributed by atoms with van der Waals surface area (Å²) in [6.45, 7) is 2.74. The van der Waals surface area contributed by atoms with E-state index in [0.717, 1.165) is 26.1 Å².